The van der Waals surface area contributed by atoms with E-state index in [4.69, 9.17) is 0 Å². The number of carboxylic acids is 1. The van der Waals surface area contributed by atoms with Crippen LogP contribution in [0, 0.1) is 0 Å². The fraction of sp³-hybridized carbons (Fsp3) is 0.100. The Bertz CT molecular complexity index is 1430. The predicted octanol–water partition coefficient (Wildman–Crippen LogP) is 5.58. The Kier molecular flexibility index (Phi) is 9.34. The molecule has 2 atom stereocenters. The Morgan fingerprint density at radius 3 is 2.10 bits per heavy atom. The van der Waals surface area contributed by atoms with Gasteiger partial charge in [0.2, 0.25) is 0 Å². The lowest BCUT2D eigenvalue weighted by Crippen LogP contribution is -2.28. The van der Waals surface area contributed by atoms with E-state index >= 15 is 0 Å². The van der Waals surface area contributed by atoms with Gasteiger partial charge in [0.05, 0.1) is 6.42 Å². The lowest BCUT2D eigenvalue weighted by molar-refractivity contribution is -0.137. The van der Waals surface area contributed by atoms with E-state index in [1.807, 2.05) is 36.4 Å². The number of benzene rings is 4. The van der Waals surface area contributed by atoms with Gasteiger partial charge in [-0.3, -0.25) is 9.59 Å². The van der Waals surface area contributed by atoms with Gasteiger partial charge in [-0.1, -0.05) is 72.8 Å². The molecule has 0 heterocycles. The van der Waals surface area contributed by atoms with Crippen molar-refractivity contribution in [1.29, 1.82) is 0 Å². The van der Waals surface area contributed by atoms with E-state index in [0.717, 1.165) is 5.56 Å². The van der Waals surface area contributed by atoms with Gasteiger partial charge in [0.1, 0.15) is 0 Å². The molecule has 4 rings (SSSR count). The van der Waals surface area contributed by atoms with E-state index in [2.05, 4.69) is 16.0 Å². The summed E-state index contributed by atoms with van der Waals surface area (Å²) in [6.45, 7) is 0.363. The Morgan fingerprint density at radius 2 is 1.41 bits per heavy atom. The van der Waals surface area contributed by atoms with Crippen LogP contribution in [-0.2, 0) is 22.5 Å². The molecule has 4 aromatic rings. The van der Waals surface area contributed by atoms with Crippen molar-refractivity contribution in [2.45, 2.75) is 23.1 Å². The first-order chi connectivity index (χ1) is 18.9. The van der Waals surface area contributed by atoms with Crippen LogP contribution in [0.2, 0.25) is 0 Å². The number of anilines is 2. The maximum absolute atomic E-state index is 13.4. The third-order valence-electron chi connectivity index (χ3n) is 5.79. The summed E-state index contributed by atoms with van der Waals surface area (Å²) in [5, 5.41) is 16.9. The van der Waals surface area contributed by atoms with E-state index in [1.165, 1.54) is 0 Å². The lowest BCUT2D eigenvalue weighted by Gasteiger charge is -2.21. The molecule has 0 aliphatic heterocycles. The van der Waals surface area contributed by atoms with Crippen LogP contribution in [0.5, 0.6) is 0 Å². The topological polar surface area (TPSA) is 131 Å². The van der Waals surface area contributed by atoms with Crippen LogP contribution in [0.15, 0.2) is 114 Å². The smallest absolute Gasteiger partial charge is 0.319 e. The molecule has 2 unspecified atom stereocenters. The van der Waals surface area contributed by atoms with Gasteiger partial charge >= 0.3 is 12.0 Å². The summed E-state index contributed by atoms with van der Waals surface area (Å²) >= 11 is -1.68. The second-order valence-electron chi connectivity index (χ2n) is 8.65. The van der Waals surface area contributed by atoms with E-state index in [9.17, 15) is 24.0 Å². The molecule has 0 aliphatic rings. The number of urea groups is 1. The summed E-state index contributed by atoms with van der Waals surface area (Å²) in [5.41, 5.74) is 2.79. The molecule has 0 fully saturated rings. The third kappa shape index (κ3) is 7.94. The molecule has 0 saturated heterocycles. The van der Waals surface area contributed by atoms with Gasteiger partial charge in [0.25, 0.3) is 5.91 Å². The lowest BCUT2D eigenvalue weighted by atomic mass is 10.1. The van der Waals surface area contributed by atoms with Crippen LogP contribution < -0.4 is 16.0 Å². The number of nitrogens with one attached hydrogen (secondary N) is 3. The fourth-order valence-corrected chi connectivity index (χ4v) is 5.38. The molecular formula is C30H27N3O5S. The van der Waals surface area contributed by atoms with Crippen LogP contribution in [0.4, 0.5) is 16.2 Å². The van der Waals surface area contributed by atoms with Crippen LogP contribution in [0.1, 0.15) is 33.2 Å². The van der Waals surface area contributed by atoms with Gasteiger partial charge in [0.15, 0.2) is 10.1 Å². The van der Waals surface area contributed by atoms with Crippen molar-refractivity contribution in [3.8, 4) is 0 Å². The number of aliphatic carboxylic acids is 1. The van der Waals surface area contributed by atoms with Crippen LogP contribution in [0.3, 0.4) is 0 Å². The van der Waals surface area contributed by atoms with Gasteiger partial charge in [-0.2, -0.15) is 0 Å². The molecule has 4 aromatic carbocycles. The highest BCUT2D eigenvalue weighted by Crippen LogP contribution is 2.33. The number of hydrogen-bond donors (Lipinski definition) is 4. The maximum atomic E-state index is 13.4. The summed E-state index contributed by atoms with van der Waals surface area (Å²) in [5.74, 6) is -1.47. The second-order valence-corrected chi connectivity index (χ2v) is 10.3. The molecule has 0 aromatic heterocycles. The molecule has 8 nitrogen and oxygen atoms in total. The van der Waals surface area contributed by atoms with Crippen LogP contribution in [-0.4, -0.2) is 27.6 Å². The van der Waals surface area contributed by atoms with Gasteiger partial charge < -0.3 is 25.6 Å². The average Bonchev–Trinajstić information content (AvgIpc) is 2.95. The number of carboxylic acid groups (broad SMARTS) is 1. The number of carbonyl (C=O) groups excluding carboxylic acids is 2. The van der Waals surface area contributed by atoms with Crippen molar-refractivity contribution in [3.05, 3.63) is 126 Å². The zero-order chi connectivity index (χ0) is 27.6. The van der Waals surface area contributed by atoms with E-state index in [0.29, 0.717) is 33.9 Å². The second kappa shape index (κ2) is 13.3. The Balaban J connectivity index is 1.41. The highest BCUT2D eigenvalue weighted by molar-refractivity contribution is 7.91. The maximum Gasteiger partial charge on any atom is 0.319 e. The predicted molar refractivity (Wildman–Crippen MR) is 151 cm³/mol. The zero-order valence-electron chi connectivity index (χ0n) is 20.9. The average molecular weight is 542 g/mol. The first-order valence-corrected chi connectivity index (χ1v) is 13.4. The quantitative estimate of drug-likeness (QED) is 0.195. The summed E-state index contributed by atoms with van der Waals surface area (Å²) < 4.78 is 13.4. The Morgan fingerprint density at radius 1 is 0.769 bits per heavy atom. The monoisotopic (exact) mass is 541 g/mol. The molecule has 0 spiro atoms. The molecule has 198 valence electrons. The van der Waals surface area contributed by atoms with Gasteiger partial charge in [-0.25, -0.2) is 4.79 Å². The first-order valence-electron chi connectivity index (χ1n) is 12.2. The van der Waals surface area contributed by atoms with Crippen molar-refractivity contribution in [2.75, 3.05) is 10.6 Å². The fourth-order valence-electron chi connectivity index (χ4n) is 3.90. The van der Waals surface area contributed by atoms with Crippen molar-refractivity contribution >= 4 is 40.5 Å². The number of rotatable bonds is 10. The first kappa shape index (κ1) is 27.4. The van der Waals surface area contributed by atoms with Crippen molar-refractivity contribution in [1.82, 2.24) is 5.32 Å². The molecule has 0 saturated carbocycles. The summed E-state index contributed by atoms with van der Waals surface area (Å²) in [4.78, 5) is 37.1. The number of hydrogen-bond acceptors (Lipinski definition) is 4. The minimum Gasteiger partial charge on any atom is -0.611 e. The van der Waals surface area contributed by atoms with Crippen molar-refractivity contribution in [2.24, 2.45) is 0 Å². The Hall–Kier alpha value is -4.60. The third-order valence-corrected chi connectivity index (χ3v) is 7.47. The summed E-state index contributed by atoms with van der Waals surface area (Å²) in [6.07, 6.45) is -0.300. The van der Waals surface area contributed by atoms with Gasteiger partial charge in [0, 0.05) is 35.1 Å². The van der Waals surface area contributed by atoms with Crippen LogP contribution >= 0.6 is 0 Å². The molecule has 0 radical (unpaired) electrons. The minimum absolute atomic E-state index is 0.300. The van der Waals surface area contributed by atoms with Gasteiger partial charge in [-0.15, -0.1) is 0 Å². The largest absolute Gasteiger partial charge is 0.611 e. The number of amides is 3. The summed E-state index contributed by atoms with van der Waals surface area (Å²) in [6, 6.07) is 31.0. The molecular weight excluding hydrogens is 514 g/mol. The molecule has 0 bridgehead atoms. The SMILES string of the molecule is O=C(O)CC(c1ccccc1)[S+]([O-])c1cccc(NC(=O)c2cccc(NC(=O)NCc3ccccc3)c2)c1. The minimum atomic E-state index is -1.68. The van der Waals surface area contributed by atoms with E-state index < -0.39 is 34.3 Å². The molecule has 0 aliphatic carbocycles. The molecule has 4 N–H and O–H groups in total. The zero-order valence-corrected chi connectivity index (χ0v) is 21.7. The summed E-state index contributed by atoms with van der Waals surface area (Å²) in [7, 11) is 0. The normalized spacial score (nSPS) is 12.1. The van der Waals surface area contributed by atoms with E-state index in [-0.39, 0.29) is 6.42 Å². The Labute approximate surface area is 229 Å². The molecule has 39 heavy (non-hydrogen) atoms. The van der Waals surface area contributed by atoms with E-state index in [1.54, 1.807) is 72.8 Å². The van der Waals surface area contributed by atoms with Crippen molar-refractivity contribution in [3.63, 3.8) is 0 Å². The van der Waals surface area contributed by atoms with Crippen molar-refractivity contribution < 1.29 is 24.0 Å². The molecule has 9 heteroatoms. The van der Waals surface area contributed by atoms with Crippen LogP contribution in [0.25, 0.3) is 0 Å². The highest BCUT2D eigenvalue weighted by atomic mass is 32.2. The number of carbonyl (C=O) groups is 3. The van der Waals surface area contributed by atoms with Gasteiger partial charge in [-0.05, 0) is 47.1 Å². The standard InChI is InChI=1S/C30H27N3O5S/c34-28(35)19-27(22-11-5-2-6-12-22)39(38)26-16-8-15-25(18-26)32-29(36)23-13-7-14-24(17-23)33-30(37)31-20-21-9-3-1-4-10-21/h1-18,27H,19-20H2,(H,32,36)(H,34,35)(H2,31,33,37). The highest BCUT2D eigenvalue weighted by Gasteiger charge is 2.29. The molecule has 3 amide bonds.